The van der Waals surface area contributed by atoms with Crippen molar-refractivity contribution < 1.29 is 0 Å². The number of nitrogens with zero attached hydrogens (tertiary/aromatic N) is 3. The second kappa shape index (κ2) is 5.63. The number of nitrogens with two attached hydrogens (primary N) is 1. The first-order valence-electron chi connectivity index (χ1n) is 6.00. The van der Waals surface area contributed by atoms with Gasteiger partial charge < -0.3 is 5.73 Å². The van der Waals surface area contributed by atoms with Crippen LogP contribution in [0.3, 0.4) is 0 Å². The van der Waals surface area contributed by atoms with Gasteiger partial charge >= 0.3 is 0 Å². The van der Waals surface area contributed by atoms with E-state index in [2.05, 4.69) is 20.2 Å². The molecular weight excluding hydrogens is 202 g/mol. The van der Waals surface area contributed by atoms with E-state index in [0.29, 0.717) is 12.5 Å². The molecule has 0 amide bonds. The van der Waals surface area contributed by atoms with Gasteiger partial charge in [0.05, 0.1) is 5.84 Å². The van der Waals surface area contributed by atoms with Gasteiger partial charge in [0, 0.05) is 18.9 Å². The predicted molar refractivity (Wildman–Crippen MR) is 63.2 cm³/mol. The number of H-pyrrole nitrogens is 1. The van der Waals surface area contributed by atoms with E-state index in [0.717, 1.165) is 18.1 Å². The molecule has 3 N–H and O–H groups in total. The normalized spacial score (nSPS) is 18.9. The van der Waals surface area contributed by atoms with E-state index in [1.54, 1.807) is 0 Å². The van der Waals surface area contributed by atoms with Crippen LogP contribution >= 0.6 is 0 Å². The maximum Gasteiger partial charge on any atom is 0.137 e. The highest BCUT2D eigenvalue weighted by Gasteiger charge is 2.16. The first-order chi connectivity index (χ1) is 7.86. The third kappa shape index (κ3) is 3.05. The Balaban J connectivity index is 1.77. The van der Waals surface area contributed by atoms with E-state index in [1.807, 2.05) is 0 Å². The molecule has 0 atom stereocenters. The number of aromatic amines is 1. The van der Waals surface area contributed by atoms with Gasteiger partial charge in [0.25, 0.3) is 0 Å². The van der Waals surface area contributed by atoms with Crippen LogP contribution in [0.4, 0.5) is 0 Å². The van der Waals surface area contributed by atoms with Crippen LogP contribution in [-0.2, 0) is 6.42 Å². The van der Waals surface area contributed by atoms with Gasteiger partial charge in [0.1, 0.15) is 12.2 Å². The molecule has 0 saturated heterocycles. The standard InChI is InChI=1S/C11H19N5/c12-11(9-4-2-1-3-5-9)13-7-6-10-14-8-15-16-10/h8-9H,1-7H2,(H2,12,13)(H,14,15,16). The summed E-state index contributed by atoms with van der Waals surface area (Å²) in [6.45, 7) is 0.706. The maximum atomic E-state index is 5.99. The molecule has 0 unspecified atom stereocenters. The molecule has 1 fully saturated rings. The van der Waals surface area contributed by atoms with Crippen molar-refractivity contribution in [3.63, 3.8) is 0 Å². The van der Waals surface area contributed by atoms with Crippen molar-refractivity contribution in [2.75, 3.05) is 6.54 Å². The van der Waals surface area contributed by atoms with E-state index in [9.17, 15) is 0 Å². The summed E-state index contributed by atoms with van der Waals surface area (Å²) in [7, 11) is 0. The van der Waals surface area contributed by atoms with Crippen LogP contribution in [0, 0.1) is 5.92 Å². The Hall–Kier alpha value is -1.39. The van der Waals surface area contributed by atoms with Crippen molar-refractivity contribution in [3.05, 3.63) is 12.2 Å². The third-order valence-corrected chi connectivity index (χ3v) is 3.13. The monoisotopic (exact) mass is 221 g/mol. The first-order valence-corrected chi connectivity index (χ1v) is 6.00. The summed E-state index contributed by atoms with van der Waals surface area (Å²) in [5.74, 6) is 2.22. The van der Waals surface area contributed by atoms with Crippen molar-refractivity contribution in [1.82, 2.24) is 15.2 Å². The highest BCUT2D eigenvalue weighted by atomic mass is 15.2. The molecule has 88 valence electrons. The average molecular weight is 221 g/mol. The van der Waals surface area contributed by atoms with Gasteiger partial charge in [-0.25, -0.2) is 4.98 Å². The van der Waals surface area contributed by atoms with Crippen LogP contribution in [-0.4, -0.2) is 27.6 Å². The number of aliphatic imine (C=N–C) groups is 1. The molecule has 1 heterocycles. The Morgan fingerprint density at radius 1 is 1.44 bits per heavy atom. The number of aromatic nitrogens is 3. The molecule has 1 aliphatic rings. The zero-order valence-electron chi connectivity index (χ0n) is 9.52. The molecule has 0 spiro atoms. The van der Waals surface area contributed by atoms with Crippen molar-refractivity contribution in [2.45, 2.75) is 38.5 Å². The summed E-state index contributed by atoms with van der Waals surface area (Å²) < 4.78 is 0. The fraction of sp³-hybridized carbons (Fsp3) is 0.727. The second-order valence-corrected chi connectivity index (χ2v) is 4.32. The van der Waals surface area contributed by atoms with Crippen LogP contribution in [0.5, 0.6) is 0 Å². The minimum absolute atomic E-state index is 0.517. The summed E-state index contributed by atoms with van der Waals surface area (Å²) in [6.07, 6.45) is 8.65. The summed E-state index contributed by atoms with van der Waals surface area (Å²) >= 11 is 0. The predicted octanol–water partition coefficient (Wildman–Crippen LogP) is 1.28. The molecule has 1 aromatic rings. The lowest BCUT2D eigenvalue weighted by Crippen LogP contribution is -2.26. The largest absolute Gasteiger partial charge is 0.387 e. The molecule has 1 aliphatic carbocycles. The van der Waals surface area contributed by atoms with Gasteiger partial charge in [-0.2, -0.15) is 5.10 Å². The molecule has 16 heavy (non-hydrogen) atoms. The summed E-state index contributed by atoms with van der Waals surface area (Å²) in [4.78, 5) is 8.48. The number of hydrogen-bond donors (Lipinski definition) is 2. The van der Waals surface area contributed by atoms with Crippen molar-refractivity contribution >= 4 is 5.84 Å². The summed E-state index contributed by atoms with van der Waals surface area (Å²) in [6, 6.07) is 0. The van der Waals surface area contributed by atoms with Crippen LogP contribution in [0.2, 0.25) is 0 Å². The van der Waals surface area contributed by atoms with Crippen LogP contribution < -0.4 is 5.73 Å². The Morgan fingerprint density at radius 3 is 2.94 bits per heavy atom. The number of rotatable bonds is 4. The molecule has 2 rings (SSSR count). The molecule has 1 saturated carbocycles. The molecule has 0 bridgehead atoms. The Morgan fingerprint density at radius 2 is 2.25 bits per heavy atom. The highest BCUT2D eigenvalue weighted by Crippen LogP contribution is 2.23. The van der Waals surface area contributed by atoms with E-state index < -0.39 is 0 Å². The van der Waals surface area contributed by atoms with Gasteiger partial charge in [-0.1, -0.05) is 19.3 Å². The number of hydrogen-bond acceptors (Lipinski definition) is 3. The van der Waals surface area contributed by atoms with E-state index in [4.69, 9.17) is 5.73 Å². The lowest BCUT2D eigenvalue weighted by atomic mass is 9.88. The molecule has 0 radical (unpaired) electrons. The average Bonchev–Trinajstić information content (AvgIpc) is 2.83. The SMILES string of the molecule is NC(=NCCc1ncn[nH]1)C1CCCCC1. The van der Waals surface area contributed by atoms with Crippen LogP contribution in [0.25, 0.3) is 0 Å². The number of amidine groups is 1. The molecule has 1 aromatic heterocycles. The van der Waals surface area contributed by atoms with Gasteiger partial charge in [-0.05, 0) is 12.8 Å². The van der Waals surface area contributed by atoms with Crippen molar-refractivity contribution in [3.8, 4) is 0 Å². The second-order valence-electron chi connectivity index (χ2n) is 4.32. The van der Waals surface area contributed by atoms with Crippen LogP contribution in [0.15, 0.2) is 11.3 Å². The molecular formula is C11H19N5. The minimum Gasteiger partial charge on any atom is -0.387 e. The summed E-state index contributed by atoms with van der Waals surface area (Å²) in [5.41, 5.74) is 5.99. The first kappa shape index (κ1) is 11.1. The third-order valence-electron chi connectivity index (χ3n) is 3.13. The smallest absolute Gasteiger partial charge is 0.137 e. The van der Waals surface area contributed by atoms with E-state index >= 15 is 0 Å². The van der Waals surface area contributed by atoms with E-state index in [-0.39, 0.29) is 0 Å². The highest BCUT2D eigenvalue weighted by molar-refractivity contribution is 5.82. The Labute approximate surface area is 95.6 Å². The van der Waals surface area contributed by atoms with Gasteiger partial charge in [0.15, 0.2) is 0 Å². The molecule has 0 aromatic carbocycles. The lowest BCUT2D eigenvalue weighted by Gasteiger charge is -2.20. The summed E-state index contributed by atoms with van der Waals surface area (Å²) in [5, 5.41) is 6.61. The number of nitrogens with one attached hydrogen (secondary N) is 1. The van der Waals surface area contributed by atoms with Crippen molar-refractivity contribution in [1.29, 1.82) is 0 Å². The van der Waals surface area contributed by atoms with Crippen molar-refractivity contribution in [2.24, 2.45) is 16.6 Å². The van der Waals surface area contributed by atoms with E-state index in [1.165, 1.54) is 38.4 Å². The molecule has 5 heteroatoms. The lowest BCUT2D eigenvalue weighted by molar-refractivity contribution is 0.436. The molecule has 0 aliphatic heterocycles. The van der Waals surface area contributed by atoms with Gasteiger partial charge in [-0.3, -0.25) is 10.1 Å². The van der Waals surface area contributed by atoms with Gasteiger partial charge in [-0.15, -0.1) is 0 Å². The zero-order chi connectivity index (χ0) is 11.2. The molecule has 5 nitrogen and oxygen atoms in total. The Kier molecular flexibility index (Phi) is 3.91. The Bertz CT molecular complexity index is 324. The zero-order valence-corrected chi connectivity index (χ0v) is 9.52. The fourth-order valence-electron chi connectivity index (χ4n) is 2.17. The van der Waals surface area contributed by atoms with Crippen LogP contribution in [0.1, 0.15) is 37.9 Å². The minimum atomic E-state index is 0.517. The fourth-order valence-corrected chi connectivity index (χ4v) is 2.17. The maximum absolute atomic E-state index is 5.99. The topological polar surface area (TPSA) is 79.9 Å². The quantitative estimate of drug-likeness (QED) is 0.593. The van der Waals surface area contributed by atoms with Gasteiger partial charge in [0.2, 0.25) is 0 Å².